The van der Waals surface area contributed by atoms with Crippen LogP contribution in [0.3, 0.4) is 0 Å². The highest BCUT2D eigenvalue weighted by atomic mass is 32.2. The largest absolute Gasteiger partial charge is 0.310 e. The third kappa shape index (κ3) is 4.19. The van der Waals surface area contributed by atoms with Gasteiger partial charge in [0.05, 0.1) is 11.4 Å². The lowest BCUT2D eigenvalue weighted by Gasteiger charge is -2.14. The first kappa shape index (κ1) is 19.1. The van der Waals surface area contributed by atoms with Gasteiger partial charge in [-0.1, -0.05) is 11.8 Å². The zero-order chi connectivity index (χ0) is 19.6. The van der Waals surface area contributed by atoms with E-state index in [0.717, 1.165) is 5.56 Å². The molecule has 3 aromatic rings. The van der Waals surface area contributed by atoms with Gasteiger partial charge < -0.3 is 9.88 Å². The summed E-state index contributed by atoms with van der Waals surface area (Å²) in [4.78, 5) is 12.5. The topological polar surface area (TPSA) is 77.6 Å². The Kier molecular flexibility index (Phi) is 5.59. The van der Waals surface area contributed by atoms with Gasteiger partial charge in [-0.05, 0) is 45.0 Å². The van der Waals surface area contributed by atoms with Gasteiger partial charge in [-0.2, -0.15) is 5.10 Å². The number of rotatable bonds is 6. The molecule has 0 fully saturated rings. The van der Waals surface area contributed by atoms with Gasteiger partial charge in [-0.3, -0.25) is 4.79 Å². The van der Waals surface area contributed by atoms with Gasteiger partial charge in [0, 0.05) is 24.7 Å². The highest BCUT2D eigenvalue weighted by Crippen LogP contribution is 2.26. The summed E-state index contributed by atoms with van der Waals surface area (Å²) in [6.07, 6.45) is 1.66. The molecule has 7 nitrogen and oxygen atoms in total. The fourth-order valence-electron chi connectivity index (χ4n) is 2.53. The maximum Gasteiger partial charge on any atom is 0.238 e. The van der Waals surface area contributed by atoms with Crippen LogP contribution in [0.2, 0.25) is 0 Å². The lowest BCUT2D eigenvalue weighted by Crippen LogP contribution is -2.25. The molecule has 0 spiro atoms. The summed E-state index contributed by atoms with van der Waals surface area (Å²) >= 11 is 1.31. The highest BCUT2D eigenvalue weighted by Gasteiger charge is 2.21. The number of nitrogens with zero attached hydrogens (tertiary/aromatic N) is 5. The molecule has 1 amide bonds. The molecule has 3 rings (SSSR count). The monoisotopic (exact) mass is 388 g/mol. The Morgan fingerprint density at radius 3 is 2.52 bits per heavy atom. The molecule has 9 heteroatoms. The molecule has 1 N–H and O–H groups in total. The highest BCUT2D eigenvalue weighted by molar-refractivity contribution is 8.00. The van der Waals surface area contributed by atoms with Crippen LogP contribution in [0.4, 0.5) is 10.2 Å². The van der Waals surface area contributed by atoms with Gasteiger partial charge in [0.15, 0.2) is 11.0 Å². The molecule has 0 saturated heterocycles. The Labute approximate surface area is 161 Å². The minimum atomic E-state index is -0.385. The van der Waals surface area contributed by atoms with Crippen molar-refractivity contribution in [3.8, 4) is 11.4 Å². The number of halogens is 1. The van der Waals surface area contributed by atoms with E-state index in [1.807, 2.05) is 27.8 Å². The molecular formula is C18H21FN6OS. The Morgan fingerprint density at radius 2 is 1.85 bits per heavy atom. The van der Waals surface area contributed by atoms with Gasteiger partial charge in [0.2, 0.25) is 5.91 Å². The van der Waals surface area contributed by atoms with Gasteiger partial charge in [-0.25, -0.2) is 9.07 Å². The zero-order valence-corrected chi connectivity index (χ0v) is 16.4. The second-order valence-electron chi connectivity index (χ2n) is 6.38. The van der Waals surface area contributed by atoms with Gasteiger partial charge in [0.1, 0.15) is 11.6 Å². The van der Waals surface area contributed by atoms with E-state index in [4.69, 9.17) is 0 Å². The number of thioether (sulfide) groups is 1. The number of amides is 1. The van der Waals surface area contributed by atoms with E-state index in [2.05, 4.69) is 20.6 Å². The Bertz CT molecular complexity index is 934. The van der Waals surface area contributed by atoms with Crippen molar-refractivity contribution >= 4 is 23.5 Å². The average molecular weight is 388 g/mol. The van der Waals surface area contributed by atoms with Crippen molar-refractivity contribution in [2.75, 3.05) is 5.32 Å². The van der Waals surface area contributed by atoms with Crippen LogP contribution in [0.25, 0.3) is 11.4 Å². The van der Waals surface area contributed by atoms with Crippen molar-refractivity contribution in [3.05, 3.63) is 42.3 Å². The molecule has 0 aliphatic heterocycles. The van der Waals surface area contributed by atoms with E-state index in [-0.39, 0.29) is 23.0 Å². The van der Waals surface area contributed by atoms with Crippen LogP contribution in [0.5, 0.6) is 0 Å². The molecule has 0 radical (unpaired) electrons. The normalized spacial score (nSPS) is 12.4. The van der Waals surface area contributed by atoms with Gasteiger partial charge >= 0.3 is 0 Å². The number of hydrogen-bond donors (Lipinski definition) is 1. The van der Waals surface area contributed by atoms with Crippen LogP contribution in [0.15, 0.2) is 41.7 Å². The summed E-state index contributed by atoms with van der Waals surface area (Å²) < 4.78 is 16.7. The van der Waals surface area contributed by atoms with Crippen LogP contribution < -0.4 is 5.32 Å². The van der Waals surface area contributed by atoms with E-state index < -0.39 is 0 Å². The molecule has 0 bridgehead atoms. The van der Waals surface area contributed by atoms with E-state index in [9.17, 15) is 9.18 Å². The van der Waals surface area contributed by atoms with E-state index >= 15 is 0 Å². The van der Waals surface area contributed by atoms with Gasteiger partial charge in [-0.15, -0.1) is 10.2 Å². The van der Waals surface area contributed by atoms with E-state index in [1.54, 1.807) is 33.6 Å². The predicted molar refractivity (Wildman–Crippen MR) is 103 cm³/mol. The van der Waals surface area contributed by atoms with Crippen molar-refractivity contribution < 1.29 is 9.18 Å². The standard InChI is InChI=1S/C18H21FN6OS/c1-11(2)25-15(9-10-20-25)21-17(26)12(3)27-18-23-22-16(24(18)4)13-5-7-14(19)8-6-13/h5-12H,1-4H3,(H,21,26)/t12-/m0/s1. The number of aromatic nitrogens is 5. The molecule has 2 heterocycles. The number of hydrogen-bond acceptors (Lipinski definition) is 5. The number of anilines is 1. The molecule has 1 aromatic carbocycles. The van der Waals surface area contributed by atoms with Crippen molar-refractivity contribution in [3.63, 3.8) is 0 Å². The fraction of sp³-hybridized carbons (Fsp3) is 0.333. The maximum absolute atomic E-state index is 13.1. The van der Waals surface area contributed by atoms with Crippen molar-refractivity contribution in [1.29, 1.82) is 0 Å². The summed E-state index contributed by atoms with van der Waals surface area (Å²) in [6, 6.07) is 7.98. The molecule has 0 unspecified atom stereocenters. The average Bonchev–Trinajstić information content (AvgIpc) is 3.23. The Hall–Kier alpha value is -2.68. The predicted octanol–water partition coefficient (Wildman–Crippen LogP) is 3.52. The second-order valence-corrected chi connectivity index (χ2v) is 7.68. The first-order chi connectivity index (χ1) is 12.9. The van der Waals surface area contributed by atoms with Crippen LogP contribution in [-0.4, -0.2) is 35.7 Å². The zero-order valence-electron chi connectivity index (χ0n) is 15.5. The van der Waals surface area contributed by atoms with Crippen molar-refractivity contribution in [1.82, 2.24) is 24.5 Å². The Balaban J connectivity index is 1.70. The van der Waals surface area contributed by atoms with Gasteiger partial charge in [0.25, 0.3) is 0 Å². The number of nitrogens with one attached hydrogen (secondary N) is 1. The molecule has 142 valence electrons. The molecule has 27 heavy (non-hydrogen) atoms. The number of carbonyl (C=O) groups is 1. The van der Waals surface area contributed by atoms with Crippen LogP contribution in [0.1, 0.15) is 26.8 Å². The molecule has 0 saturated carbocycles. The smallest absolute Gasteiger partial charge is 0.238 e. The first-order valence-corrected chi connectivity index (χ1v) is 9.41. The van der Waals surface area contributed by atoms with E-state index in [1.165, 1.54) is 23.9 Å². The maximum atomic E-state index is 13.1. The summed E-state index contributed by atoms with van der Waals surface area (Å²) in [5.41, 5.74) is 0.760. The molecule has 2 aromatic heterocycles. The quantitative estimate of drug-likeness (QED) is 0.654. The lowest BCUT2D eigenvalue weighted by molar-refractivity contribution is -0.115. The minimum absolute atomic E-state index is 0.145. The summed E-state index contributed by atoms with van der Waals surface area (Å²) in [5, 5.41) is 15.7. The summed E-state index contributed by atoms with van der Waals surface area (Å²) in [6.45, 7) is 5.80. The fourth-order valence-corrected chi connectivity index (χ4v) is 3.35. The van der Waals surface area contributed by atoms with Crippen LogP contribution in [0, 0.1) is 5.82 Å². The second kappa shape index (κ2) is 7.91. The van der Waals surface area contributed by atoms with Crippen molar-refractivity contribution in [2.24, 2.45) is 7.05 Å². The minimum Gasteiger partial charge on any atom is -0.310 e. The van der Waals surface area contributed by atoms with Crippen LogP contribution >= 0.6 is 11.8 Å². The molecule has 0 aliphatic rings. The molecule has 0 aliphatic carbocycles. The van der Waals surface area contributed by atoms with E-state index in [0.29, 0.717) is 16.8 Å². The number of benzene rings is 1. The molecule has 1 atom stereocenters. The first-order valence-electron chi connectivity index (χ1n) is 8.53. The van der Waals surface area contributed by atoms with Crippen LogP contribution in [-0.2, 0) is 11.8 Å². The lowest BCUT2D eigenvalue weighted by atomic mass is 10.2. The Morgan fingerprint density at radius 1 is 1.15 bits per heavy atom. The third-order valence-electron chi connectivity index (χ3n) is 4.00. The SMILES string of the molecule is CC(C)n1nccc1NC(=O)[C@H](C)Sc1nnc(-c2ccc(F)cc2)n1C. The summed E-state index contributed by atoms with van der Waals surface area (Å²) in [5.74, 6) is 0.825. The molecular weight excluding hydrogens is 367 g/mol. The van der Waals surface area contributed by atoms with Crippen molar-refractivity contribution in [2.45, 2.75) is 37.2 Å². The summed E-state index contributed by atoms with van der Waals surface area (Å²) in [7, 11) is 1.82. The third-order valence-corrected chi connectivity index (χ3v) is 5.13. The number of carbonyl (C=O) groups excluding carboxylic acids is 1.